The highest BCUT2D eigenvalue weighted by Crippen LogP contribution is 2.38. The number of aromatic nitrogens is 1. The van der Waals surface area contributed by atoms with E-state index in [2.05, 4.69) is 10.6 Å². The standard InChI is InChI=1S/C19H17N3O3/c1-11(23)20-12-7-9-13(10-8-12)21-18-16-14-5-3-4-6-15(14)22(2)17(16)19(24)25-18/h3-10,18,21H,1-2H3,(H,20,23)/t18-/m0/s1. The number of fused-ring (bicyclic) bond motifs is 3. The molecule has 6 heteroatoms. The predicted octanol–water partition coefficient (Wildman–Crippen LogP) is 3.42. The number of rotatable bonds is 3. The van der Waals surface area contributed by atoms with Crippen molar-refractivity contribution in [2.75, 3.05) is 10.6 Å². The fraction of sp³-hybridized carbons (Fsp3) is 0.158. The second kappa shape index (κ2) is 5.66. The van der Waals surface area contributed by atoms with Crippen LogP contribution in [0.4, 0.5) is 11.4 Å². The number of cyclic esters (lactones) is 1. The van der Waals surface area contributed by atoms with Crippen molar-refractivity contribution in [3.63, 3.8) is 0 Å². The van der Waals surface area contributed by atoms with Crippen molar-refractivity contribution in [3.8, 4) is 0 Å². The SMILES string of the molecule is CC(=O)Nc1ccc(N[C@H]2OC(=O)c3c2c2ccccc2n3C)cc1. The molecule has 0 radical (unpaired) electrons. The molecule has 126 valence electrons. The first-order valence-electron chi connectivity index (χ1n) is 7.97. The lowest BCUT2D eigenvalue weighted by Crippen LogP contribution is -2.11. The number of hydrogen-bond acceptors (Lipinski definition) is 4. The van der Waals surface area contributed by atoms with Crippen LogP contribution in [-0.4, -0.2) is 16.4 Å². The van der Waals surface area contributed by atoms with Crippen molar-refractivity contribution in [2.24, 2.45) is 7.05 Å². The first-order valence-corrected chi connectivity index (χ1v) is 7.97. The minimum absolute atomic E-state index is 0.120. The third kappa shape index (κ3) is 2.52. The summed E-state index contributed by atoms with van der Waals surface area (Å²) in [5, 5.41) is 6.96. The first-order chi connectivity index (χ1) is 12.0. The topological polar surface area (TPSA) is 72.4 Å². The molecule has 4 rings (SSSR count). The lowest BCUT2D eigenvalue weighted by molar-refractivity contribution is -0.114. The van der Waals surface area contributed by atoms with Gasteiger partial charge in [-0.1, -0.05) is 18.2 Å². The van der Waals surface area contributed by atoms with E-state index in [0.29, 0.717) is 11.4 Å². The molecular formula is C19H17N3O3. The van der Waals surface area contributed by atoms with Gasteiger partial charge in [0.05, 0.1) is 5.56 Å². The van der Waals surface area contributed by atoms with Gasteiger partial charge >= 0.3 is 5.97 Å². The number of carbonyl (C=O) groups is 2. The number of ether oxygens (including phenoxy) is 1. The number of hydrogen-bond donors (Lipinski definition) is 2. The van der Waals surface area contributed by atoms with E-state index in [1.54, 1.807) is 12.1 Å². The maximum absolute atomic E-state index is 12.3. The fourth-order valence-corrected chi connectivity index (χ4v) is 3.26. The highest BCUT2D eigenvalue weighted by molar-refractivity contribution is 6.02. The second-order valence-corrected chi connectivity index (χ2v) is 6.03. The number of carbonyl (C=O) groups excluding carboxylic acids is 2. The molecule has 2 aromatic carbocycles. The van der Waals surface area contributed by atoms with Crippen molar-refractivity contribution in [2.45, 2.75) is 13.2 Å². The molecule has 25 heavy (non-hydrogen) atoms. The van der Waals surface area contributed by atoms with Crippen molar-refractivity contribution in [1.29, 1.82) is 0 Å². The van der Waals surface area contributed by atoms with E-state index >= 15 is 0 Å². The van der Waals surface area contributed by atoms with Crippen LogP contribution in [0.25, 0.3) is 10.9 Å². The normalized spacial score (nSPS) is 15.8. The average molecular weight is 335 g/mol. The molecule has 2 N–H and O–H groups in total. The molecular weight excluding hydrogens is 318 g/mol. The molecule has 1 aliphatic heterocycles. The van der Waals surface area contributed by atoms with Gasteiger partial charge in [0.15, 0.2) is 0 Å². The Morgan fingerprint density at radius 2 is 1.76 bits per heavy atom. The summed E-state index contributed by atoms with van der Waals surface area (Å²) in [6.45, 7) is 1.46. The number of esters is 1. The number of anilines is 2. The summed E-state index contributed by atoms with van der Waals surface area (Å²) in [5.41, 5.74) is 3.94. The predicted molar refractivity (Wildman–Crippen MR) is 95.4 cm³/mol. The zero-order chi connectivity index (χ0) is 17.6. The molecule has 0 unspecified atom stereocenters. The molecule has 0 aliphatic carbocycles. The molecule has 0 bridgehead atoms. The summed E-state index contributed by atoms with van der Waals surface area (Å²) in [6.07, 6.45) is -0.541. The van der Waals surface area contributed by atoms with E-state index in [4.69, 9.17) is 4.74 Å². The zero-order valence-electron chi connectivity index (χ0n) is 13.9. The smallest absolute Gasteiger partial charge is 0.357 e. The van der Waals surface area contributed by atoms with Crippen LogP contribution in [0.2, 0.25) is 0 Å². The second-order valence-electron chi connectivity index (χ2n) is 6.03. The molecule has 2 heterocycles. The molecule has 6 nitrogen and oxygen atoms in total. The van der Waals surface area contributed by atoms with E-state index in [9.17, 15) is 9.59 Å². The van der Waals surface area contributed by atoms with Crippen LogP contribution in [0.1, 0.15) is 29.2 Å². The lowest BCUT2D eigenvalue weighted by atomic mass is 10.1. The number of aryl methyl sites for hydroxylation is 1. The van der Waals surface area contributed by atoms with E-state index in [1.165, 1.54) is 6.92 Å². The van der Waals surface area contributed by atoms with Gasteiger partial charge in [-0.25, -0.2) is 4.79 Å². The number of para-hydroxylation sites is 1. The van der Waals surface area contributed by atoms with Gasteiger partial charge in [0.1, 0.15) is 5.69 Å². The number of amides is 1. The van der Waals surface area contributed by atoms with Crippen LogP contribution >= 0.6 is 0 Å². The molecule has 1 amide bonds. The first kappa shape index (κ1) is 15.3. The summed E-state index contributed by atoms with van der Waals surface area (Å²) in [5.74, 6) is -0.452. The summed E-state index contributed by atoms with van der Waals surface area (Å²) < 4.78 is 7.39. The summed E-state index contributed by atoms with van der Waals surface area (Å²) in [4.78, 5) is 23.4. The van der Waals surface area contributed by atoms with Crippen molar-refractivity contribution in [3.05, 3.63) is 59.8 Å². The van der Waals surface area contributed by atoms with E-state index in [-0.39, 0.29) is 11.9 Å². The van der Waals surface area contributed by atoms with Gasteiger partial charge in [0.2, 0.25) is 12.1 Å². The Morgan fingerprint density at radius 3 is 2.48 bits per heavy atom. The van der Waals surface area contributed by atoms with Crippen molar-refractivity contribution >= 4 is 34.2 Å². The Morgan fingerprint density at radius 1 is 1.08 bits per heavy atom. The number of nitrogens with zero attached hydrogens (tertiary/aromatic N) is 1. The van der Waals surface area contributed by atoms with Crippen LogP contribution < -0.4 is 10.6 Å². The third-order valence-electron chi connectivity index (χ3n) is 4.33. The highest BCUT2D eigenvalue weighted by Gasteiger charge is 2.36. The van der Waals surface area contributed by atoms with Gasteiger partial charge in [-0.15, -0.1) is 0 Å². The van der Waals surface area contributed by atoms with Crippen LogP contribution in [0.15, 0.2) is 48.5 Å². The minimum atomic E-state index is -0.541. The third-order valence-corrected chi connectivity index (χ3v) is 4.33. The molecule has 1 atom stereocenters. The molecule has 3 aromatic rings. The molecule has 0 fully saturated rings. The summed E-state index contributed by atoms with van der Waals surface area (Å²) in [7, 11) is 1.87. The van der Waals surface area contributed by atoms with Crippen molar-refractivity contribution < 1.29 is 14.3 Å². The van der Waals surface area contributed by atoms with E-state index in [0.717, 1.165) is 22.2 Å². The van der Waals surface area contributed by atoms with Gasteiger partial charge in [0, 0.05) is 36.2 Å². The monoisotopic (exact) mass is 335 g/mol. The Labute approximate surface area is 144 Å². The molecule has 1 aromatic heterocycles. The van der Waals surface area contributed by atoms with Crippen LogP contribution in [0.3, 0.4) is 0 Å². The van der Waals surface area contributed by atoms with E-state index in [1.807, 2.05) is 48.0 Å². The van der Waals surface area contributed by atoms with Crippen LogP contribution in [0.5, 0.6) is 0 Å². The van der Waals surface area contributed by atoms with Crippen LogP contribution in [0, 0.1) is 0 Å². The maximum Gasteiger partial charge on any atom is 0.357 e. The lowest BCUT2D eigenvalue weighted by Gasteiger charge is -2.15. The van der Waals surface area contributed by atoms with E-state index < -0.39 is 6.23 Å². The fourth-order valence-electron chi connectivity index (χ4n) is 3.26. The van der Waals surface area contributed by atoms with Gasteiger partial charge in [-0.2, -0.15) is 0 Å². The largest absolute Gasteiger partial charge is 0.433 e. The number of nitrogens with one attached hydrogen (secondary N) is 2. The Kier molecular flexibility index (Phi) is 3.46. The van der Waals surface area contributed by atoms with Gasteiger partial charge in [-0.05, 0) is 30.3 Å². The quantitative estimate of drug-likeness (QED) is 0.720. The molecule has 0 spiro atoms. The molecule has 0 saturated heterocycles. The van der Waals surface area contributed by atoms with Crippen LogP contribution in [-0.2, 0) is 16.6 Å². The average Bonchev–Trinajstić information content (AvgIpc) is 3.06. The maximum atomic E-state index is 12.3. The summed E-state index contributed by atoms with van der Waals surface area (Å²) in [6, 6.07) is 15.1. The van der Waals surface area contributed by atoms with Crippen molar-refractivity contribution in [1.82, 2.24) is 4.57 Å². The minimum Gasteiger partial charge on any atom is -0.433 e. The Hall–Kier alpha value is -3.28. The molecule has 0 saturated carbocycles. The Bertz CT molecular complexity index is 989. The molecule has 1 aliphatic rings. The highest BCUT2D eigenvalue weighted by atomic mass is 16.6. The number of benzene rings is 2. The Balaban J connectivity index is 1.67. The van der Waals surface area contributed by atoms with Gasteiger partial charge in [-0.3, -0.25) is 4.79 Å². The van der Waals surface area contributed by atoms with Gasteiger partial charge < -0.3 is 19.9 Å². The zero-order valence-corrected chi connectivity index (χ0v) is 13.9. The van der Waals surface area contributed by atoms with Gasteiger partial charge in [0.25, 0.3) is 0 Å². The summed E-state index contributed by atoms with van der Waals surface area (Å²) >= 11 is 0.